The van der Waals surface area contributed by atoms with Crippen LogP contribution in [0, 0.1) is 0 Å². The Kier molecular flexibility index (Phi) is 6.20. The summed E-state index contributed by atoms with van der Waals surface area (Å²) in [6.07, 6.45) is 0. The molecule has 8 aromatic rings. The molecule has 224 valence electrons. The Labute approximate surface area is 275 Å². The third-order valence-corrected chi connectivity index (χ3v) is 9.93. The van der Waals surface area contributed by atoms with Gasteiger partial charge in [-0.05, 0) is 99.1 Å². The van der Waals surface area contributed by atoms with Crippen molar-refractivity contribution in [3.8, 4) is 39.1 Å². The average Bonchev–Trinajstić information content (AvgIpc) is 3.57. The Morgan fingerprint density at radius 1 is 0.426 bits per heavy atom. The molecule has 7 aromatic carbocycles. The third kappa shape index (κ3) is 4.48. The van der Waals surface area contributed by atoms with Gasteiger partial charge in [0.05, 0.1) is 11.0 Å². The van der Waals surface area contributed by atoms with Gasteiger partial charge < -0.3 is 9.88 Å². The summed E-state index contributed by atoms with van der Waals surface area (Å²) in [5, 5.41) is 6.36. The average molecular weight is 603 g/mol. The largest absolute Gasteiger partial charge is 0.355 e. The lowest BCUT2D eigenvalue weighted by Gasteiger charge is -2.23. The highest BCUT2D eigenvalue weighted by Gasteiger charge is 2.36. The zero-order valence-electron chi connectivity index (χ0n) is 26.5. The van der Waals surface area contributed by atoms with E-state index in [4.69, 9.17) is 0 Å². The molecule has 9 rings (SSSR count). The summed E-state index contributed by atoms with van der Waals surface area (Å²) in [6.45, 7) is 4.72. The summed E-state index contributed by atoms with van der Waals surface area (Å²) >= 11 is 0. The Morgan fingerprint density at radius 2 is 0.936 bits per heavy atom. The molecule has 47 heavy (non-hydrogen) atoms. The Morgan fingerprint density at radius 3 is 1.53 bits per heavy atom. The highest BCUT2D eigenvalue weighted by atomic mass is 15.0. The highest BCUT2D eigenvalue weighted by molar-refractivity contribution is 6.09. The fourth-order valence-electron chi connectivity index (χ4n) is 7.60. The van der Waals surface area contributed by atoms with Crippen LogP contribution >= 0.6 is 0 Å². The number of hydrogen-bond donors (Lipinski definition) is 1. The van der Waals surface area contributed by atoms with Gasteiger partial charge in [-0.3, -0.25) is 0 Å². The van der Waals surface area contributed by atoms with Crippen molar-refractivity contribution in [3.63, 3.8) is 0 Å². The van der Waals surface area contributed by atoms with E-state index in [2.05, 4.69) is 188 Å². The first kappa shape index (κ1) is 27.5. The van der Waals surface area contributed by atoms with E-state index in [1.807, 2.05) is 0 Å². The number of anilines is 2. The third-order valence-electron chi connectivity index (χ3n) is 9.93. The number of nitrogens with one attached hydrogen (secondary N) is 1. The van der Waals surface area contributed by atoms with Gasteiger partial charge in [-0.1, -0.05) is 123 Å². The van der Waals surface area contributed by atoms with Crippen LogP contribution in [0.4, 0.5) is 11.4 Å². The molecule has 0 unspecified atom stereocenters. The van der Waals surface area contributed by atoms with Crippen LogP contribution < -0.4 is 5.32 Å². The van der Waals surface area contributed by atoms with Crippen molar-refractivity contribution in [2.24, 2.45) is 0 Å². The van der Waals surface area contributed by atoms with Crippen molar-refractivity contribution in [3.05, 3.63) is 175 Å². The zero-order valence-corrected chi connectivity index (χ0v) is 26.5. The standard InChI is InChI=1S/C45H34N2/c1-45(2)41-28-34(46-35-26-32(30-13-5-3-6-14-30)25-33(27-35)31-15-7-4-8-16-31)21-23-37(41)38-24-22-36(29-42(38)45)47-43-19-11-9-17-39(43)40-18-10-12-20-44(40)47/h3-29,46H,1-2H3. The monoisotopic (exact) mass is 602 g/mol. The zero-order chi connectivity index (χ0) is 31.5. The summed E-state index contributed by atoms with van der Waals surface area (Å²) < 4.78 is 2.42. The van der Waals surface area contributed by atoms with E-state index in [1.165, 1.54) is 72.0 Å². The lowest BCUT2D eigenvalue weighted by Crippen LogP contribution is -2.15. The molecule has 2 nitrogen and oxygen atoms in total. The predicted octanol–water partition coefficient (Wildman–Crippen LogP) is 12.2. The van der Waals surface area contributed by atoms with Crippen molar-refractivity contribution in [1.29, 1.82) is 0 Å². The Hall–Kier alpha value is -5.86. The number of para-hydroxylation sites is 2. The molecule has 1 heterocycles. The number of rotatable bonds is 5. The summed E-state index contributed by atoms with van der Waals surface area (Å²) in [4.78, 5) is 0. The summed E-state index contributed by atoms with van der Waals surface area (Å²) in [7, 11) is 0. The van der Waals surface area contributed by atoms with E-state index in [9.17, 15) is 0 Å². The van der Waals surface area contributed by atoms with E-state index in [0.29, 0.717) is 0 Å². The van der Waals surface area contributed by atoms with E-state index >= 15 is 0 Å². The number of fused-ring (bicyclic) bond motifs is 6. The van der Waals surface area contributed by atoms with Crippen LogP contribution in [0.1, 0.15) is 25.0 Å². The molecule has 0 atom stereocenters. The lowest BCUT2D eigenvalue weighted by molar-refractivity contribution is 0.660. The van der Waals surface area contributed by atoms with Crippen molar-refractivity contribution in [2.45, 2.75) is 19.3 Å². The van der Waals surface area contributed by atoms with Crippen LogP contribution in [0.15, 0.2) is 164 Å². The normalized spacial score (nSPS) is 13.1. The quantitative estimate of drug-likeness (QED) is 0.207. The minimum atomic E-state index is -0.155. The highest BCUT2D eigenvalue weighted by Crippen LogP contribution is 2.50. The Balaban J connectivity index is 1.11. The molecule has 2 heteroatoms. The summed E-state index contributed by atoms with van der Waals surface area (Å²) in [5.41, 5.74) is 15.8. The van der Waals surface area contributed by atoms with E-state index in [-0.39, 0.29) is 5.41 Å². The smallest absolute Gasteiger partial charge is 0.0541 e. The molecule has 0 saturated carbocycles. The van der Waals surface area contributed by atoms with Crippen molar-refractivity contribution in [2.75, 3.05) is 5.32 Å². The molecule has 0 fully saturated rings. The fraction of sp³-hybridized carbons (Fsp3) is 0.0667. The van der Waals surface area contributed by atoms with E-state index in [1.54, 1.807) is 0 Å². The molecule has 0 bridgehead atoms. The maximum Gasteiger partial charge on any atom is 0.0541 e. The SMILES string of the molecule is CC1(C)c2cc(Nc3cc(-c4ccccc4)cc(-c4ccccc4)c3)ccc2-c2ccc(-n3c4ccccc4c4ccccc43)cc21. The van der Waals surface area contributed by atoms with Crippen LogP contribution in [0.2, 0.25) is 0 Å². The van der Waals surface area contributed by atoms with Crippen LogP contribution in [0.25, 0.3) is 60.9 Å². The molecule has 1 aromatic heterocycles. The molecule has 0 spiro atoms. The molecule has 0 radical (unpaired) electrons. The minimum Gasteiger partial charge on any atom is -0.355 e. The Bertz CT molecular complexity index is 2340. The van der Waals surface area contributed by atoms with Gasteiger partial charge >= 0.3 is 0 Å². The summed E-state index contributed by atoms with van der Waals surface area (Å²) in [6, 6.07) is 59.4. The van der Waals surface area contributed by atoms with Gasteiger partial charge in [0, 0.05) is 33.2 Å². The van der Waals surface area contributed by atoms with Gasteiger partial charge in [-0.25, -0.2) is 0 Å². The molecule has 0 saturated heterocycles. The van der Waals surface area contributed by atoms with Crippen molar-refractivity contribution >= 4 is 33.2 Å². The first-order valence-corrected chi connectivity index (χ1v) is 16.4. The number of benzene rings is 7. The molecule has 1 aliphatic rings. The lowest BCUT2D eigenvalue weighted by atomic mass is 9.82. The van der Waals surface area contributed by atoms with Crippen molar-refractivity contribution in [1.82, 2.24) is 4.57 Å². The van der Waals surface area contributed by atoms with Gasteiger partial charge in [-0.2, -0.15) is 0 Å². The molecular weight excluding hydrogens is 569 g/mol. The maximum atomic E-state index is 3.79. The van der Waals surface area contributed by atoms with Gasteiger partial charge in [0.2, 0.25) is 0 Å². The topological polar surface area (TPSA) is 17.0 Å². The fourth-order valence-corrected chi connectivity index (χ4v) is 7.60. The number of hydrogen-bond acceptors (Lipinski definition) is 1. The van der Waals surface area contributed by atoms with Crippen LogP contribution in [0.5, 0.6) is 0 Å². The molecule has 1 N–H and O–H groups in total. The van der Waals surface area contributed by atoms with Gasteiger partial charge in [0.25, 0.3) is 0 Å². The number of nitrogens with zero attached hydrogens (tertiary/aromatic N) is 1. The first-order chi connectivity index (χ1) is 23.0. The molecule has 1 aliphatic carbocycles. The van der Waals surface area contributed by atoms with E-state index < -0.39 is 0 Å². The van der Waals surface area contributed by atoms with Crippen LogP contribution in [0.3, 0.4) is 0 Å². The molecular formula is C45H34N2. The van der Waals surface area contributed by atoms with Gasteiger partial charge in [0.1, 0.15) is 0 Å². The second-order valence-electron chi connectivity index (χ2n) is 13.1. The van der Waals surface area contributed by atoms with Gasteiger partial charge in [0.15, 0.2) is 0 Å². The van der Waals surface area contributed by atoms with Crippen LogP contribution in [-0.2, 0) is 5.41 Å². The van der Waals surface area contributed by atoms with Gasteiger partial charge in [-0.15, -0.1) is 0 Å². The first-order valence-electron chi connectivity index (χ1n) is 16.4. The molecule has 0 amide bonds. The summed E-state index contributed by atoms with van der Waals surface area (Å²) in [5.74, 6) is 0. The predicted molar refractivity (Wildman–Crippen MR) is 199 cm³/mol. The van der Waals surface area contributed by atoms with Crippen molar-refractivity contribution < 1.29 is 0 Å². The second kappa shape index (κ2) is 10.6. The maximum absolute atomic E-state index is 3.79. The second-order valence-corrected chi connectivity index (χ2v) is 13.1. The minimum absolute atomic E-state index is 0.155. The number of aromatic nitrogens is 1. The molecule has 0 aliphatic heterocycles. The van der Waals surface area contributed by atoms with Crippen LogP contribution in [-0.4, -0.2) is 4.57 Å². The van der Waals surface area contributed by atoms with E-state index in [0.717, 1.165) is 11.4 Å².